The Bertz CT molecular complexity index is 306. The second-order valence-corrected chi connectivity index (χ2v) is 4.30. The van der Waals surface area contributed by atoms with Crippen LogP contribution in [-0.4, -0.2) is 31.8 Å². The van der Waals surface area contributed by atoms with Gasteiger partial charge in [0.05, 0.1) is 18.2 Å². The highest BCUT2D eigenvalue weighted by molar-refractivity contribution is 5.01. The Hall–Kier alpha value is -0.870. The largest absolute Gasteiger partial charge is 0.448 e. The minimum absolute atomic E-state index is 0.367. The van der Waals surface area contributed by atoms with Crippen LogP contribution in [0.1, 0.15) is 36.8 Å². The lowest BCUT2D eigenvalue weighted by Gasteiger charge is -2.18. The van der Waals surface area contributed by atoms with E-state index in [1.807, 2.05) is 7.05 Å². The van der Waals surface area contributed by atoms with Gasteiger partial charge in [-0.1, -0.05) is 0 Å². The topological polar surface area (TPSA) is 47.3 Å². The van der Waals surface area contributed by atoms with Crippen LogP contribution in [-0.2, 0) is 11.2 Å². The van der Waals surface area contributed by atoms with Gasteiger partial charge >= 0.3 is 0 Å². The number of nitrogens with one attached hydrogen (secondary N) is 1. The minimum atomic E-state index is 0.367. The number of hydrogen-bond donors (Lipinski definition) is 1. The van der Waals surface area contributed by atoms with Gasteiger partial charge in [0.1, 0.15) is 6.26 Å². The average Bonchev–Trinajstić information content (AvgIpc) is 2.79. The van der Waals surface area contributed by atoms with Gasteiger partial charge in [-0.25, -0.2) is 4.98 Å². The Morgan fingerprint density at radius 2 is 2.50 bits per heavy atom. The van der Waals surface area contributed by atoms with E-state index >= 15 is 0 Å². The lowest BCUT2D eigenvalue weighted by atomic mass is 10.0. The molecular weight excluding hydrogens is 204 g/mol. The smallest absolute Gasteiger partial charge is 0.199 e. The third-order valence-corrected chi connectivity index (χ3v) is 2.94. The maximum absolute atomic E-state index is 5.52. The van der Waals surface area contributed by atoms with Crippen LogP contribution >= 0.6 is 0 Å². The Balaban J connectivity index is 1.85. The van der Waals surface area contributed by atoms with Crippen LogP contribution in [0.3, 0.4) is 0 Å². The maximum Gasteiger partial charge on any atom is 0.199 e. The highest BCUT2D eigenvalue weighted by Crippen LogP contribution is 2.24. The summed E-state index contributed by atoms with van der Waals surface area (Å²) in [6.07, 6.45) is 6.12. The van der Waals surface area contributed by atoms with Crippen LogP contribution in [0.5, 0.6) is 0 Å². The number of aromatic nitrogens is 1. The van der Waals surface area contributed by atoms with Gasteiger partial charge in [-0.15, -0.1) is 0 Å². The van der Waals surface area contributed by atoms with Gasteiger partial charge in [0.25, 0.3) is 0 Å². The number of oxazole rings is 1. The van der Waals surface area contributed by atoms with Gasteiger partial charge in [-0.3, -0.25) is 0 Å². The van der Waals surface area contributed by atoms with E-state index in [2.05, 4.69) is 10.3 Å². The van der Waals surface area contributed by atoms with Crippen molar-refractivity contribution in [3.05, 3.63) is 17.8 Å². The second-order valence-electron chi connectivity index (χ2n) is 4.30. The zero-order chi connectivity index (χ0) is 11.2. The van der Waals surface area contributed by atoms with Crippen molar-refractivity contribution in [2.45, 2.75) is 31.6 Å². The normalized spacial score (nSPS) is 21.2. The molecular formula is C12H20N2O2. The lowest BCUT2D eigenvalue weighted by molar-refractivity contribution is 0.0725. The van der Waals surface area contributed by atoms with Gasteiger partial charge in [0.15, 0.2) is 5.89 Å². The number of hydrogen-bond acceptors (Lipinski definition) is 4. The van der Waals surface area contributed by atoms with E-state index in [1.165, 1.54) is 0 Å². The van der Waals surface area contributed by atoms with Crippen molar-refractivity contribution in [1.29, 1.82) is 0 Å². The molecule has 1 aliphatic rings. The zero-order valence-electron chi connectivity index (χ0n) is 9.87. The fourth-order valence-electron chi connectivity index (χ4n) is 2.01. The molecule has 0 spiro atoms. The number of rotatable bonds is 5. The van der Waals surface area contributed by atoms with Crippen LogP contribution in [0, 0.1) is 0 Å². The molecule has 1 aliphatic heterocycles. The van der Waals surface area contributed by atoms with Crippen LogP contribution in [0.4, 0.5) is 0 Å². The summed E-state index contributed by atoms with van der Waals surface area (Å²) < 4.78 is 11.0. The van der Waals surface area contributed by atoms with Crippen molar-refractivity contribution >= 4 is 0 Å². The van der Waals surface area contributed by atoms with Crippen LogP contribution < -0.4 is 5.32 Å². The highest BCUT2D eigenvalue weighted by atomic mass is 16.5. The molecule has 90 valence electrons. The standard InChI is InChI=1S/C12H20N2O2/c1-13-6-2-5-11-9-16-12(14-11)10-4-3-7-15-8-10/h9-10,13H,2-8H2,1H3. The summed E-state index contributed by atoms with van der Waals surface area (Å²) >= 11 is 0. The quantitative estimate of drug-likeness (QED) is 0.774. The summed E-state index contributed by atoms with van der Waals surface area (Å²) in [6, 6.07) is 0. The SMILES string of the molecule is CNCCCc1coc(C2CCCOC2)n1. The first-order valence-corrected chi connectivity index (χ1v) is 6.07. The van der Waals surface area contributed by atoms with Crippen molar-refractivity contribution in [1.82, 2.24) is 10.3 Å². The van der Waals surface area contributed by atoms with E-state index in [-0.39, 0.29) is 0 Å². The van der Waals surface area contributed by atoms with Crippen molar-refractivity contribution in [3.63, 3.8) is 0 Å². The van der Waals surface area contributed by atoms with Crippen LogP contribution in [0.2, 0.25) is 0 Å². The third-order valence-electron chi connectivity index (χ3n) is 2.94. The molecule has 4 heteroatoms. The Morgan fingerprint density at radius 3 is 3.25 bits per heavy atom. The zero-order valence-corrected chi connectivity index (χ0v) is 9.87. The molecule has 0 aromatic carbocycles. The molecule has 0 radical (unpaired) electrons. The van der Waals surface area contributed by atoms with Crippen LogP contribution in [0.15, 0.2) is 10.7 Å². The molecule has 0 amide bonds. The van der Waals surface area contributed by atoms with Crippen LogP contribution in [0.25, 0.3) is 0 Å². The van der Waals surface area contributed by atoms with Gasteiger partial charge < -0.3 is 14.5 Å². The van der Waals surface area contributed by atoms with E-state index < -0.39 is 0 Å². The van der Waals surface area contributed by atoms with Gasteiger partial charge in [0, 0.05) is 6.61 Å². The van der Waals surface area contributed by atoms with E-state index in [9.17, 15) is 0 Å². The molecule has 1 saturated heterocycles. The van der Waals surface area contributed by atoms with Gasteiger partial charge in [-0.05, 0) is 39.3 Å². The average molecular weight is 224 g/mol. The summed E-state index contributed by atoms with van der Waals surface area (Å²) in [5.41, 5.74) is 1.07. The molecule has 1 aromatic heterocycles. The molecule has 1 fully saturated rings. The van der Waals surface area contributed by atoms with Crippen molar-refractivity contribution < 1.29 is 9.15 Å². The predicted octanol–water partition coefficient (Wildman–Crippen LogP) is 1.72. The number of aryl methyl sites for hydroxylation is 1. The van der Waals surface area contributed by atoms with Crippen molar-refractivity contribution in [3.8, 4) is 0 Å². The Kier molecular flexibility index (Phi) is 4.36. The Morgan fingerprint density at radius 1 is 1.56 bits per heavy atom. The highest BCUT2D eigenvalue weighted by Gasteiger charge is 2.20. The first kappa shape index (κ1) is 11.6. The van der Waals surface area contributed by atoms with Crippen molar-refractivity contribution in [2.24, 2.45) is 0 Å². The molecule has 2 heterocycles. The van der Waals surface area contributed by atoms with E-state index in [1.54, 1.807) is 6.26 Å². The monoisotopic (exact) mass is 224 g/mol. The number of ether oxygens (including phenoxy) is 1. The first-order chi connectivity index (χ1) is 7.90. The molecule has 16 heavy (non-hydrogen) atoms. The summed E-state index contributed by atoms with van der Waals surface area (Å²) in [4.78, 5) is 4.53. The van der Waals surface area contributed by atoms with E-state index in [0.717, 1.165) is 57.0 Å². The molecule has 1 N–H and O–H groups in total. The molecule has 0 aliphatic carbocycles. The molecule has 2 rings (SSSR count). The minimum Gasteiger partial charge on any atom is -0.448 e. The molecule has 0 saturated carbocycles. The summed E-state index contributed by atoms with van der Waals surface area (Å²) in [7, 11) is 1.97. The number of nitrogens with zero attached hydrogens (tertiary/aromatic N) is 1. The summed E-state index contributed by atoms with van der Waals surface area (Å²) in [6.45, 7) is 2.66. The predicted molar refractivity (Wildman–Crippen MR) is 61.5 cm³/mol. The molecule has 4 nitrogen and oxygen atoms in total. The van der Waals surface area contributed by atoms with Gasteiger partial charge in [0.2, 0.25) is 0 Å². The maximum atomic E-state index is 5.52. The molecule has 0 bridgehead atoms. The van der Waals surface area contributed by atoms with E-state index in [4.69, 9.17) is 9.15 Å². The third kappa shape index (κ3) is 3.06. The Labute approximate surface area is 96.4 Å². The lowest BCUT2D eigenvalue weighted by Crippen LogP contribution is -2.15. The second kappa shape index (κ2) is 6.01. The van der Waals surface area contributed by atoms with Gasteiger partial charge in [-0.2, -0.15) is 0 Å². The van der Waals surface area contributed by atoms with Crippen molar-refractivity contribution in [2.75, 3.05) is 26.8 Å². The fraction of sp³-hybridized carbons (Fsp3) is 0.750. The molecule has 1 atom stereocenters. The fourth-order valence-corrected chi connectivity index (χ4v) is 2.01. The van der Waals surface area contributed by atoms with E-state index in [0.29, 0.717) is 5.92 Å². The molecule has 1 unspecified atom stereocenters. The molecule has 1 aromatic rings. The summed E-state index contributed by atoms with van der Waals surface area (Å²) in [5.74, 6) is 1.23. The first-order valence-electron chi connectivity index (χ1n) is 6.07. The summed E-state index contributed by atoms with van der Waals surface area (Å²) in [5, 5.41) is 3.13.